The fourth-order valence-electron chi connectivity index (χ4n) is 1.36. The maximum absolute atomic E-state index is 12.0. The number of anilines is 1. The summed E-state index contributed by atoms with van der Waals surface area (Å²) in [5, 5.41) is 4.75. The van der Waals surface area contributed by atoms with Crippen molar-refractivity contribution >= 4 is 54.8 Å². The van der Waals surface area contributed by atoms with Gasteiger partial charge in [-0.3, -0.25) is 4.79 Å². The van der Waals surface area contributed by atoms with Crippen molar-refractivity contribution in [3.63, 3.8) is 0 Å². The molecule has 0 unspecified atom stereocenters. The van der Waals surface area contributed by atoms with Gasteiger partial charge in [0.2, 0.25) is 0 Å². The molecule has 1 aromatic carbocycles. The maximum Gasteiger partial charge on any atom is 0.266 e. The van der Waals surface area contributed by atoms with E-state index in [0.717, 1.165) is 20.2 Å². The monoisotopic (exact) mass is 373 g/mol. The van der Waals surface area contributed by atoms with Crippen LogP contribution in [0.4, 0.5) is 5.69 Å². The van der Waals surface area contributed by atoms with Crippen LogP contribution in [0.3, 0.4) is 0 Å². The van der Waals surface area contributed by atoms with E-state index in [1.807, 2.05) is 36.6 Å². The molecule has 1 heterocycles. The Labute approximate surface area is 120 Å². The molecule has 2 nitrogen and oxygen atoms in total. The lowest BCUT2D eigenvalue weighted by atomic mass is 10.2. The Bertz CT molecular complexity index is 565. The fourth-order valence-corrected chi connectivity index (χ4v) is 3.40. The first-order chi connectivity index (χ1) is 8.08. The number of nitrogens with one attached hydrogen (secondary N) is 1. The molecule has 0 aliphatic carbocycles. The zero-order valence-corrected chi connectivity index (χ0v) is 12.9. The highest BCUT2D eigenvalue weighted by Crippen LogP contribution is 2.27. The summed E-state index contributed by atoms with van der Waals surface area (Å²) in [6.07, 6.45) is 0. The lowest BCUT2D eigenvalue weighted by molar-refractivity contribution is 0.103. The maximum atomic E-state index is 12.0. The summed E-state index contributed by atoms with van der Waals surface area (Å²) in [4.78, 5) is 12.7. The molecule has 0 saturated heterocycles. The van der Waals surface area contributed by atoms with Gasteiger partial charge in [0.25, 0.3) is 5.91 Å². The molecule has 0 fully saturated rings. The lowest BCUT2D eigenvalue weighted by Gasteiger charge is -2.07. The quantitative estimate of drug-likeness (QED) is 0.800. The number of hydrogen-bond donors (Lipinski definition) is 1. The summed E-state index contributed by atoms with van der Waals surface area (Å²) in [5.74, 6) is -0.101. The van der Waals surface area contributed by atoms with E-state index in [1.54, 1.807) is 0 Å². The molecule has 5 heteroatoms. The number of amides is 1. The average molecular weight is 375 g/mol. The van der Waals surface area contributed by atoms with Crippen molar-refractivity contribution in [1.82, 2.24) is 0 Å². The van der Waals surface area contributed by atoms with Crippen LogP contribution in [-0.4, -0.2) is 5.91 Å². The van der Waals surface area contributed by atoms with E-state index >= 15 is 0 Å². The van der Waals surface area contributed by atoms with Crippen molar-refractivity contribution in [2.45, 2.75) is 6.92 Å². The predicted octanol–water partition coefficient (Wildman–Crippen LogP) is 4.83. The van der Waals surface area contributed by atoms with Crippen molar-refractivity contribution in [3.8, 4) is 0 Å². The number of rotatable bonds is 2. The Hall–Kier alpha value is -0.650. The predicted molar refractivity (Wildman–Crippen MR) is 78.9 cm³/mol. The second-order valence-corrected chi connectivity index (χ2v) is 6.16. The Morgan fingerprint density at radius 1 is 1.24 bits per heavy atom. The Morgan fingerprint density at radius 3 is 2.59 bits per heavy atom. The molecule has 0 radical (unpaired) electrons. The lowest BCUT2D eigenvalue weighted by Crippen LogP contribution is -2.11. The number of carbonyl (C=O) groups excluding carboxylic acids is 1. The number of benzene rings is 1. The summed E-state index contributed by atoms with van der Waals surface area (Å²) < 4.78 is 1.71. The molecule has 0 atom stereocenters. The molecule has 0 saturated carbocycles. The highest BCUT2D eigenvalue weighted by molar-refractivity contribution is 9.11. The molecule has 0 spiro atoms. The molecule has 2 rings (SSSR count). The van der Waals surface area contributed by atoms with Crippen molar-refractivity contribution in [2.24, 2.45) is 0 Å². The third kappa shape index (κ3) is 2.97. The molecule has 17 heavy (non-hydrogen) atoms. The molecular formula is C12H9Br2NOS. The van der Waals surface area contributed by atoms with Crippen LogP contribution in [0.5, 0.6) is 0 Å². The van der Waals surface area contributed by atoms with Crippen LogP contribution in [0.2, 0.25) is 0 Å². The summed E-state index contributed by atoms with van der Waals surface area (Å²) in [6.45, 7) is 2.01. The molecule has 2 aromatic rings. The van der Waals surface area contributed by atoms with Gasteiger partial charge in [0, 0.05) is 8.95 Å². The van der Waals surface area contributed by atoms with Crippen LogP contribution in [0, 0.1) is 6.92 Å². The van der Waals surface area contributed by atoms with E-state index < -0.39 is 0 Å². The number of halogens is 2. The van der Waals surface area contributed by atoms with Gasteiger partial charge >= 0.3 is 0 Å². The van der Waals surface area contributed by atoms with Gasteiger partial charge in [-0.05, 0) is 67.9 Å². The summed E-state index contributed by atoms with van der Waals surface area (Å²) >= 11 is 8.19. The summed E-state index contributed by atoms with van der Waals surface area (Å²) in [6, 6.07) is 7.69. The minimum atomic E-state index is -0.101. The number of thiophene rings is 1. The minimum Gasteiger partial charge on any atom is -0.320 e. The third-order valence-electron chi connectivity index (χ3n) is 2.20. The highest BCUT2D eigenvalue weighted by atomic mass is 79.9. The second-order valence-electron chi connectivity index (χ2n) is 3.54. The van der Waals surface area contributed by atoms with Gasteiger partial charge in [-0.2, -0.15) is 0 Å². The molecule has 0 aliphatic rings. The average Bonchev–Trinajstić information content (AvgIpc) is 2.68. The van der Waals surface area contributed by atoms with Crippen LogP contribution >= 0.6 is 43.2 Å². The van der Waals surface area contributed by atoms with Gasteiger partial charge in [0.1, 0.15) is 4.88 Å². The SMILES string of the molecule is Cc1ccc(NC(=O)c2sccc2Br)c(Br)c1. The number of carbonyl (C=O) groups is 1. The highest BCUT2D eigenvalue weighted by Gasteiger charge is 2.12. The molecule has 1 aromatic heterocycles. The van der Waals surface area contributed by atoms with E-state index in [4.69, 9.17) is 0 Å². The fraction of sp³-hybridized carbons (Fsp3) is 0.0833. The minimum absolute atomic E-state index is 0.101. The molecule has 1 N–H and O–H groups in total. The van der Waals surface area contributed by atoms with E-state index in [1.165, 1.54) is 11.3 Å². The van der Waals surface area contributed by atoms with Gasteiger partial charge in [-0.1, -0.05) is 6.07 Å². The van der Waals surface area contributed by atoms with E-state index in [9.17, 15) is 4.79 Å². The first-order valence-electron chi connectivity index (χ1n) is 4.88. The molecule has 0 bridgehead atoms. The van der Waals surface area contributed by atoms with Gasteiger partial charge in [0.05, 0.1) is 5.69 Å². The zero-order valence-electron chi connectivity index (χ0n) is 8.96. The Kier molecular flexibility index (Phi) is 4.01. The van der Waals surface area contributed by atoms with E-state index in [2.05, 4.69) is 37.2 Å². The van der Waals surface area contributed by atoms with Gasteiger partial charge in [0.15, 0.2) is 0 Å². The molecule has 1 amide bonds. The second kappa shape index (κ2) is 5.33. The van der Waals surface area contributed by atoms with Gasteiger partial charge in [-0.25, -0.2) is 0 Å². The van der Waals surface area contributed by atoms with Crippen LogP contribution in [0.25, 0.3) is 0 Å². The van der Waals surface area contributed by atoms with Crippen LogP contribution < -0.4 is 5.32 Å². The largest absolute Gasteiger partial charge is 0.320 e. The van der Waals surface area contributed by atoms with Gasteiger partial charge < -0.3 is 5.32 Å². The summed E-state index contributed by atoms with van der Waals surface area (Å²) in [7, 11) is 0. The third-order valence-corrected chi connectivity index (χ3v) is 4.69. The Morgan fingerprint density at radius 2 is 2.00 bits per heavy atom. The van der Waals surface area contributed by atoms with Crippen molar-refractivity contribution in [1.29, 1.82) is 0 Å². The molecule has 0 aliphatic heterocycles. The first kappa shape index (κ1) is 12.8. The smallest absolute Gasteiger partial charge is 0.266 e. The normalized spacial score (nSPS) is 10.3. The van der Waals surface area contributed by atoms with Crippen LogP contribution in [0.15, 0.2) is 38.6 Å². The van der Waals surface area contributed by atoms with Crippen LogP contribution in [0.1, 0.15) is 15.2 Å². The number of aryl methyl sites for hydroxylation is 1. The van der Waals surface area contributed by atoms with Crippen molar-refractivity contribution in [3.05, 3.63) is 49.0 Å². The van der Waals surface area contributed by atoms with E-state index in [-0.39, 0.29) is 5.91 Å². The van der Waals surface area contributed by atoms with Crippen molar-refractivity contribution < 1.29 is 4.79 Å². The molecular weight excluding hydrogens is 366 g/mol. The van der Waals surface area contributed by atoms with Crippen LogP contribution in [-0.2, 0) is 0 Å². The Balaban J connectivity index is 2.22. The first-order valence-corrected chi connectivity index (χ1v) is 7.35. The zero-order chi connectivity index (χ0) is 12.4. The van der Waals surface area contributed by atoms with E-state index in [0.29, 0.717) is 4.88 Å². The summed E-state index contributed by atoms with van der Waals surface area (Å²) in [5.41, 5.74) is 1.92. The topological polar surface area (TPSA) is 29.1 Å². The van der Waals surface area contributed by atoms with Crippen molar-refractivity contribution in [2.75, 3.05) is 5.32 Å². The molecule has 88 valence electrons. The standard InChI is InChI=1S/C12H9Br2NOS/c1-7-2-3-10(9(14)6-7)15-12(16)11-8(13)4-5-17-11/h2-6H,1H3,(H,15,16). The van der Waals surface area contributed by atoms with Gasteiger partial charge in [-0.15, -0.1) is 11.3 Å². The number of hydrogen-bond acceptors (Lipinski definition) is 2.